The number of ketones is 1. The molecule has 24 heavy (non-hydrogen) atoms. The summed E-state index contributed by atoms with van der Waals surface area (Å²) in [5, 5.41) is 0. The highest BCUT2D eigenvalue weighted by Gasteiger charge is 2.57. The van der Waals surface area contributed by atoms with Crippen LogP contribution in [0.3, 0.4) is 0 Å². The SMILES string of the molecule is C=C1N(CC)c2ccc(Br)cc2[C@]12OC=C2C(=O)c1ccccc1. The summed E-state index contributed by atoms with van der Waals surface area (Å²) in [6, 6.07) is 15.3. The van der Waals surface area contributed by atoms with Crippen LogP contribution < -0.4 is 4.90 Å². The number of fused-ring (bicyclic) bond motifs is 2. The summed E-state index contributed by atoms with van der Waals surface area (Å²) in [7, 11) is 0. The van der Waals surface area contributed by atoms with Crippen LogP contribution in [0.5, 0.6) is 0 Å². The number of carbonyl (C=O) groups is 1. The van der Waals surface area contributed by atoms with Gasteiger partial charge in [-0.2, -0.15) is 0 Å². The Morgan fingerprint density at radius 2 is 2.00 bits per heavy atom. The third kappa shape index (κ3) is 1.86. The van der Waals surface area contributed by atoms with Crippen molar-refractivity contribution < 1.29 is 9.53 Å². The number of rotatable bonds is 3. The van der Waals surface area contributed by atoms with E-state index in [1.54, 1.807) is 6.26 Å². The van der Waals surface area contributed by atoms with Crippen molar-refractivity contribution in [1.82, 2.24) is 0 Å². The van der Waals surface area contributed by atoms with Crippen LogP contribution in [0.1, 0.15) is 22.8 Å². The van der Waals surface area contributed by atoms with Gasteiger partial charge < -0.3 is 9.64 Å². The quantitative estimate of drug-likeness (QED) is 0.715. The maximum absolute atomic E-state index is 13.0. The second-order valence-electron chi connectivity index (χ2n) is 5.88. The molecule has 2 aliphatic heterocycles. The zero-order valence-electron chi connectivity index (χ0n) is 13.3. The highest BCUT2D eigenvalue weighted by atomic mass is 79.9. The Morgan fingerprint density at radius 3 is 2.62 bits per heavy atom. The van der Waals surface area contributed by atoms with Gasteiger partial charge in [0.05, 0.1) is 17.5 Å². The lowest BCUT2D eigenvalue weighted by molar-refractivity contribution is 0.0353. The standard InChI is InChI=1S/C20H16BrNO2/c1-3-22-13(2)20(16-11-15(21)9-10-18(16)22)17(12-24-20)19(23)14-7-5-4-6-8-14/h4-12H,2-3H2,1H3/t20-/m1/s1. The number of Topliss-reactive ketones (excluding diaryl/α,β-unsaturated/α-hetero) is 1. The number of halogens is 1. The maximum atomic E-state index is 13.0. The Balaban J connectivity index is 1.85. The van der Waals surface area contributed by atoms with E-state index < -0.39 is 5.60 Å². The topological polar surface area (TPSA) is 29.5 Å². The van der Waals surface area contributed by atoms with Gasteiger partial charge in [-0.25, -0.2) is 0 Å². The number of anilines is 1. The van der Waals surface area contributed by atoms with Crippen molar-refractivity contribution in [3.05, 3.63) is 88.2 Å². The summed E-state index contributed by atoms with van der Waals surface area (Å²) in [5.74, 6) is -0.0214. The molecule has 0 saturated carbocycles. The van der Waals surface area contributed by atoms with Crippen LogP contribution >= 0.6 is 15.9 Å². The molecule has 0 bridgehead atoms. The molecule has 0 fully saturated rings. The van der Waals surface area contributed by atoms with Gasteiger partial charge in [0.1, 0.15) is 0 Å². The molecule has 2 aromatic carbocycles. The molecule has 0 aliphatic carbocycles. The van der Waals surface area contributed by atoms with Gasteiger partial charge in [0.2, 0.25) is 5.60 Å². The molecule has 3 nitrogen and oxygen atoms in total. The molecule has 0 amide bonds. The molecule has 2 aromatic rings. The number of carbonyl (C=O) groups excluding carboxylic acids is 1. The molecule has 2 aliphatic rings. The van der Waals surface area contributed by atoms with Crippen molar-refractivity contribution >= 4 is 27.4 Å². The van der Waals surface area contributed by atoms with Crippen LogP contribution in [0.25, 0.3) is 0 Å². The van der Waals surface area contributed by atoms with E-state index in [1.807, 2.05) is 48.5 Å². The van der Waals surface area contributed by atoms with E-state index in [0.717, 1.165) is 28.0 Å². The van der Waals surface area contributed by atoms with Crippen molar-refractivity contribution in [2.45, 2.75) is 12.5 Å². The highest BCUT2D eigenvalue weighted by Crippen LogP contribution is 2.57. The van der Waals surface area contributed by atoms with Gasteiger partial charge in [-0.1, -0.05) is 52.8 Å². The van der Waals surface area contributed by atoms with E-state index in [2.05, 4.69) is 34.3 Å². The molecular formula is C20H16BrNO2. The van der Waals surface area contributed by atoms with Crippen molar-refractivity contribution in [2.75, 3.05) is 11.4 Å². The maximum Gasteiger partial charge on any atom is 0.206 e. The van der Waals surface area contributed by atoms with Gasteiger partial charge in [-0.15, -0.1) is 0 Å². The Bertz CT molecular complexity index is 888. The van der Waals surface area contributed by atoms with Gasteiger partial charge in [-0.3, -0.25) is 4.79 Å². The molecule has 1 spiro atoms. The lowest BCUT2D eigenvalue weighted by Gasteiger charge is -2.40. The summed E-state index contributed by atoms with van der Waals surface area (Å²) in [5.41, 5.74) is 3.21. The lowest BCUT2D eigenvalue weighted by atomic mass is 9.79. The summed E-state index contributed by atoms with van der Waals surface area (Å²) >= 11 is 3.53. The van der Waals surface area contributed by atoms with Crippen LogP contribution in [0.4, 0.5) is 5.69 Å². The first-order valence-corrected chi connectivity index (χ1v) is 8.64. The van der Waals surface area contributed by atoms with Crippen LogP contribution in [-0.2, 0) is 10.3 Å². The van der Waals surface area contributed by atoms with Gasteiger partial charge in [0.15, 0.2) is 5.78 Å². The van der Waals surface area contributed by atoms with Crippen molar-refractivity contribution in [1.29, 1.82) is 0 Å². The number of hydrogen-bond acceptors (Lipinski definition) is 3. The first kappa shape index (κ1) is 15.2. The van der Waals surface area contributed by atoms with Crippen LogP contribution in [0.15, 0.2) is 77.1 Å². The van der Waals surface area contributed by atoms with Crippen LogP contribution in [0.2, 0.25) is 0 Å². The largest absolute Gasteiger partial charge is 0.478 e. The van der Waals surface area contributed by atoms with Gasteiger partial charge in [0.25, 0.3) is 0 Å². The Kier molecular flexibility index (Phi) is 3.39. The summed E-state index contributed by atoms with van der Waals surface area (Å²) in [6.45, 7) is 7.08. The minimum Gasteiger partial charge on any atom is -0.478 e. The smallest absolute Gasteiger partial charge is 0.206 e. The fourth-order valence-electron chi connectivity index (χ4n) is 3.50. The fraction of sp³-hybridized carbons (Fsp3) is 0.150. The molecule has 2 heterocycles. The third-order valence-corrected chi connectivity index (χ3v) is 5.18. The zero-order valence-corrected chi connectivity index (χ0v) is 14.8. The minimum atomic E-state index is -0.873. The molecule has 0 aromatic heterocycles. The van der Waals surface area contributed by atoms with Gasteiger partial charge in [-0.05, 0) is 25.1 Å². The minimum absolute atomic E-state index is 0.0214. The number of nitrogens with zero attached hydrogens (tertiary/aromatic N) is 1. The first-order chi connectivity index (χ1) is 11.6. The predicted octanol–water partition coefficient (Wildman–Crippen LogP) is 4.80. The summed E-state index contributed by atoms with van der Waals surface area (Å²) < 4.78 is 6.87. The molecule has 0 saturated heterocycles. The monoisotopic (exact) mass is 381 g/mol. The van der Waals surface area contributed by atoms with E-state index in [0.29, 0.717) is 11.1 Å². The molecule has 0 unspecified atom stereocenters. The normalized spacial score (nSPS) is 21.2. The molecule has 120 valence electrons. The molecule has 0 N–H and O–H groups in total. The number of ether oxygens (including phenoxy) is 1. The van der Waals surface area contributed by atoms with Crippen LogP contribution in [0, 0.1) is 0 Å². The Morgan fingerprint density at radius 1 is 1.25 bits per heavy atom. The second-order valence-corrected chi connectivity index (χ2v) is 6.79. The Hall–Kier alpha value is -2.33. The van der Waals surface area contributed by atoms with Gasteiger partial charge in [0, 0.05) is 27.8 Å². The molecule has 4 rings (SSSR count). The number of hydrogen-bond donors (Lipinski definition) is 0. The van der Waals surface area contributed by atoms with Crippen molar-refractivity contribution in [3.8, 4) is 0 Å². The van der Waals surface area contributed by atoms with E-state index in [9.17, 15) is 4.79 Å². The third-order valence-electron chi connectivity index (χ3n) is 4.69. The van der Waals surface area contributed by atoms with Crippen molar-refractivity contribution in [2.24, 2.45) is 0 Å². The predicted molar refractivity (Wildman–Crippen MR) is 97.9 cm³/mol. The van der Waals surface area contributed by atoms with Gasteiger partial charge >= 0.3 is 0 Å². The Labute approximate surface area is 149 Å². The van der Waals surface area contributed by atoms with E-state index in [4.69, 9.17) is 4.74 Å². The average molecular weight is 382 g/mol. The summed E-state index contributed by atoms with van der Waals surface area (Å²) in [4.78, 5) is 15.1. The van der Waals surface area contributed by atoms with Crippen molar-refractivity contribution in [3.63, 3.8) is 0 Å². The van der Waals surface area contributed by atoms with E-state index >= 15 is 0 Å². The zero-order chi connectivity index (χ0) is 16.9. The molecule has 4 heteroatoms. The molecule has 1 atom stereocenters. The number of benzene rings is 2. The molecule has 0 radical (unpaired) electrons. The van der Waals surface area contributed by atoms with Crippen LogP contribution in [-0.4, -0.2) is 12.3 Å². The highest BCUT2D eigenvalue weighted by molar-refractivity contribution is 9.10. The number of likely N-dealkylation sites (N-methyl/N-ethyl adjacent to an activating group) is 1. The first-order valence-electron chi connectivity index (χ1n) is 7.84. The molecular weight excluding hydrogens is 366 g/mol. The lowest BCUT2D eigenvalue weighted by Crippen LogP contribution is -2.42. The van der Waals surface area contributed by atoms with E-state index in [-0.39, 0.29) is 5.78 Å². The fourth-order valence-corrected chi connectivity index (χ4v) is 3.86. The average Bonchev–Trinajstić information content (AvgIpc) is 2.83. The summed E-state index contributed by atoms with van der Waals surface area (Å²) in [6.07, 6.45) is 1.56. The van der Waals surface area contributed by atoms with E-state index in [1.165, 1.54) is 0 Å². The second kappa shape index (κ2) is 5.35.